The summed E-state index contributed by atoms with van der Waals surface area (Å²) < 4.78 is 2.26. The number of thioether (sulfide) groups is 1. The Balaban J connectivity index is 1.54. The van der Waals surface area contributed by atoms with Gasteiger partial charge < -0.3 is 9.67 Å². The minimum absolute atomic E-state index is 0.0698. The van der Waals surface area contributed by atoms with Gasteiger partial charge in [0.05, 0.1) is 5.75 Å². The SMILES string of the molecule is O=C(O)CSc1nnc(C2CC2)n1CC(C1CC1)C1CC1. The number of carboxylic acids is 1. The number of hydrogen-bond acceptors (Lipinski definition) is 4. The molecule has 5 nitrogen and oxygen atoms in total. The Morgan fingerprint density at radius 2 is 1.86 bits per heavy atom. The molecule has 0 aliphatic heterocycles. The molecule has 3 aliphatic carbocycles. The summed E-state index contributed by atoms with van der Waals surface area (Å²) in [5, 5.41) is 18.3. The van der Waals surface area contributed by atoms with Crippen LogP contribution in [0.3, 0.4) is 0 Å². The van der Waals surface area contributed by atoms with Crippen molar-refractivity contribution in [2.45, 2.75) is 56.1 Å². The second kappa shape index (κ2) is 5.30. The number of rotatable bonds is 8. The average molecular weight is 307 g/mol. The summed E-state index contributed by atoms with van der Waals surface area (Å²) in [6, 6.07) is 0. The highest BCUT2D eigenvalue weighted by Gasteiger charge is 2.42. The van der Waals surface area contributed by atoms with Crippen molar-refractivity contribution >= 4 is 17.7 Å². The number of carboxylic acid groups (broad SMARTS) is 1. The molecule has 4 rings (SSSR count). The summed E-state index contributed by atoms with van der Waals surface area (Å²) in [5.41, 5.74) is 0. The summed E-state index contributed by atoms with van der Waals surface area (Å²) in [6.07, 6.45) is 7.91. The van der Waals surface area contributed by atoms with Gasteiger partial charge in [0.25, 0.3) is 0 Å². The van der Waals surface area contributed by atoms with Crippen LogP contribution in [0.4, 0.5) is 0 Å². The first-order valence-electron chi connectivity index (χ1n) is 8.00. The van der Waals surface area contributed by atoms with E-state index in [0.717, 1.165) is 35.3 Å². The molecule has 21 heavy (non-hydrogen) atoms. The maximum atomic E-state index is 10.8. The van der Waals surface area contributed by atoms with E-state index in [-0.39, 0.29) is 5.75 Å². The second-order valence-corrected chi connectivity index (χ2v) is 7.69. The van der Waals surface area contributed by atoms with E-state index in [2.05, 4.69) is 14.8 Å². The zero-order valence-electron chi connectivity index (χ0n) is 12.1. The third kappa shape index (κ3) is 3.10. The van der Waals surface area contributed by atoms with Crippen LogP contribution in [-0.2, 0) is 11.3 Å². The predicted octanol–water partition coefficient (Wildman–Crippen LogP) is 2.77. The fraction of sp³-hybridized carbons (Fsp3) is 0.800. The Hall–Kier alpha value is -1.04. The maximum Gasteiger partial charge on any atom is 0.313 e. The van der Waals surface area contributed by atoms with Crippen molar-refractivity contribution < 1.29 is 9.90 Å². The Labute approximate surface area is 128 Å². The molecule has 3 fully saturated rings. The maximum absolute atomic E-state index is 10.8. The lowest BCUT2D eigenvalue weighted by Gasteiger charge is -2.18. The summed E-state index contributed by atoms with van der Waals surface area (Å²) in [4.78, 5) is 10.8. The van der Waals surface area contributed by atoms with Crippen molar-refractivity contribution in [3.8, 4) is 0 Å². The fourth-order valence-corrected chi connectivity index (χ4v) is 3.97. The van der Waals surface area contributed by atoms with Crippen molar-refractivity contribution in [1.29, 1.82) is 0 Å². The highest BCUT2D eigenvalue weighted by molar-refractivity contribution is 7.99. The van der Waals surface area contributed by atoms with Crippen LogP contribution in [0.25, 0.3) is 0 Å². The van der Waals surface area contributed by atoms with Gasteiger partial charge in [-0.3, -0.25) is 4.79 Å². The smallest absolute Gasteiger partial charge is 0.313 e. The quantitative estimate of drug-likeness (QED) is 0.748. The van der Waals surface area contributed by atoms with Gasteiger partial charge in [0.1, 0.15) is 5.82 Å². The summed E-state index contributed by atoms with van der Waals surface area (Å²) >= 11 is 1.32. The third-order valence-corrected chi connectivity index (χ3v) is 5.81. The van der Waals surface area contributed by atoms with Crippen LogP contribution in [0.5, 0.6) is 0 Å². The Kier molecular flexibility index (Phi) is 3.44. The first-order valence-corrected chi connectivity index (χ1v) is 8.98. The second-order valence-electron chi connectivity index (χ2n) is 6.75. The molecule has 6 heteroatoms. The van der Waals surface area contributed by atoms with Gasteiger partial charge in [-0.25, -0.2) is 0 Å². The molecule has 0 aromatic carbocycles. The third-order valence-electron chi connectivity index (χ3n) is 4.86. The van der Waals surface area contributed by atoms with E-state index < -0.39 is 5.97 Å². The summed E-state index contributed by atoms with van der Waals surface area (Å²) in [7, 11) is 0. The molecule has 3 saturated carbocycles. The zero-order valence-corrected chi connectivity index (χ0v) is 12.9. The average Bonchev–Trinajstić information content (AvgIpc) is 3.33. The van der Waals surface area contributed by atoms with Crippen LogP contribution < -0.4 is 0 Å². The number of carbonyl (C=O) groups is 1. The molecule has 1 aromatic rings. The van der Waals surface area contributed by atoms with Gasteiger partial charge >= 0.3 is 5.97 Å². The lowest BCUT2D eigenvalue weighted by Crippen LogP contribution is -2.18. The van der Waals surface area contributed by atoms with Gasteiger partial charge in [-0.05, 0) is 56.3 Å². The molecule has 1 heterocycles. The summed E-state index contributed by atoms with van der Waals surface area (Å²) in [6.45, 7) is 1.01. The molecule has 114 valence electrons. The van der Waals surface area contributed by atoms with Crippen LogP contribution in [0.15, 0.2) is 5.16 Å². The van der Waals surface area contributed by atoms with Gasteiger partial charge in [-0.15, -0.1) is 10.2 Å². The first kappa shape index (κ1) is 13.6. The molecule has 0 saturated heterocycles. The van der Waals surface area contributed by atoms with Crippen LogP contribution in [0.1, 0.15) is 50.3 Å². The number of aromatic nitrogens is 3. The van der Waals surface area contributed by atoms with E-state index >= 15 is 0 Å². The number of hydrogen-bond donors (Lipinski definition) is 1. The Bertz CT molecular complexity index is 535. The lowest BCUT2D eigenvalue weighted by atomic mass is 9.98. The van der Waals surface area contributed by atoms with Crippen molar-refractivity contribution in [2.24, 2.45) is 17.8 Å². The highest BCUT2D eigenvalue weighted by atomic mass is 32.2. The predicted molar refractivity (Wildman–Crippen MR) is 79.3 cm³/mol. The number of nitrogens with zero attached hydrogens (tertiary/aromatic N) is 3. The topological polar surface area (TPSA) is 68.0 Å². The van der Waals surface area contributed by atoms with Crippen molar-refractivity contribution in [1.82, 2.24) is 14.8 Å². The van der Waals surface area contributed by atoms with Crippen molar-refractivity contribution in [3.05, 3.63) is 5.82 Å². The first-order chi connectivity index (χ1) is 10.2. The standard InChI is InChI=1S/C15H21N3O2S/c19-13(20)8-21-15-17-16-14(11-5-6-11)18(15)7-12(9-1-2-9)10-3-4-10/h9-12H,1-8H2,(H,19,20). The molecule has 3 aliphatic rings. The van der Waals surface area contributed by atoms with E-state index in [1.54, 1.807) is 0 Å². The van der Waals surface area contributed by atoms with Crippen LogP contribution >= 0.6 is 11.8 Å². The fourth-order valence-electron chi connectivity index (χ4n) is 3.29. The van der Waals surface area contributed by atoms with E-state index in [0.29, 0.717) is 5.92 Å². The highest BCUT2D eigenvalue weighted by Crippen LogP contribution is 2.50. The lowest BCUT2D eigenvalue weighted by molar-refractivity contribution is -0.133. The van der Waals surface area contributed by atoms with Crippen LogP contribution in [0.2, 0.25) is 0 Å². The Morgan fingerprint density at radius 1 is 1.19 bits per heavy atom. The van der Waals surface area contributed by atoms with Crippen LogP contribution in [-0.4, -0.2) is 31.6 Å². The molecular weight excluding hydrogens is 286 g/mol. The van der Waals surface area contributed by atoms with Crippen molar-refractivity contribution in [3.63, 3.8) is 0 Å². The number of aliphatic carboxylic acids is 1. The molecule has 0 unspecified atom stereocenters. The van der Waals surface area contributed by atoms with E-state index in [1.807, 2.05) is 0 Å². The monoisotopic (exact) mass is 307 g/mol. The minimum atomic E-state index is -0.788. The van der Waals surface area contributed by atoms with Crippen molar-refractivity contribution in [2.75, 3.05) is 5.75 Å². The molecule has 0 radical (unpaired) electrons. The molecular formula is C15H21N3O2S. The molecule has 0 atom stereocenters. The van der Waals surface area contributed by atoms with Gasteiger partial charge in [0, 0.05) is 12.5 Å². The zero-order chi connectivity index (χ0) is 14.4. The Morgan fingerprint density at radius 3 is 2.38 bits per heavy atom. The normalized spacial score (nSPS) is 22.0. The molecule has 1 N–H and O–H groups in total. The molecule has 0 spiro atoms. The van der Waals surface area contributed by atoms with E-state index in [1.165, 1.54) is 50.3 Å². The van der Waals surface area contributed by atoms with Gasteiger partial charge in [0.2, 0.25) is 0 Å². The molecule has 0 bridgehead atoms. The molecule has 1 aromatic heterocycles. The van der Waals surface area contributed by atoms with Gasteiger partial charge in [-0.1, -0.05) is 11.8 Å². The van der Waals surface area contributed by atoms with Crippen LogP contribution in [0, 0.1) is 17.8 Å². The van der Waals surface area contributed by atoms with Gasteiger partial charge in [0.15, 0.2) is 5.16 Å². The largest absolute Gasteiger partial charge is 0.481 e. The summed E-state index contributed by atoms with van der Waals surface area (Å²) in [5.74, 6) is 3.50. The van der Waals surface area contributed by atoms with E-state index in [4.69, 9.17) is 5.11 Å². The van der Waals surface area contributed by atoms with E-state index in [9.17, 15) is 4.79 Å². The van der Waals surface area contributed by atoms with Gasteiger partial charge in [-0.2, -0.15) is 0 Å². The molecule has 0 amide bonds. The minimum Gasteiger partial charge on any atom is -0.481 e.